The van der Waals surface area contributed by atoms with Gasteiger partial charge in [-0.05, 0) is 19.9 Å². The molecule has 1 aliphatic carbocycles. The van der Waals surface area contributed by atoms with Gasteiger partial charge < -0.3 is 4.90 Å². The predicted octanol–water partition coefficient (Wildman–Crippen LogP) is -0.500. The average Bonchev–Trinajstić information content (AvgIpc) is 2.84. The van der Waals surface area contributed by atoms with Crippen LogP contribution in [0.15, 0.2) is 4.99 Å². The lowest BCUT2D eigenvalue weighted by Crippen LogP contribution is -2.56. The van der Waals surface area contributed by atoms with Crippen LogP contribution in [0.3, 0.4) is 0 Å². The maximum atomic E-state index is 5.51. The number of rotatable bonds is 2. The van der Waals surface area contributed by atoms with Gasteiger partial charge in [0.1, 0.15) is 0 Å². The number of nitrogens with two attached hydrogens (primary N) is 1. The van der Waals surface area contributed by atoms with E-state index in [0.29, 0.717) is 12.0 Å². The van der Waals surface area contributed by atoms with Gasteiger partial charge in [-0.25, -0.2) is 15.8 Å². The van der Waals surface area contributed by atoms with Crippen LogP contribution in [0.2, 0.25) is 0 Å². The quantitative estimate of drug-likeness (QED) is 0.263. The number of hydrogen-bond donors (Lipinski definition) is 3. The van der Waals surface area contributed by atoms with Crippen molar-refractivity contribution < 1.29 is 0 Å². The van der Waals surface area contributed by atoms with Crippen molar-refractivity contribution in [1.82, 2.24) is 20.8 Å². The van der Waals surface area contributed by atoms with E-state index in [-0.39, 0.29) is 0 Å². The van der Waals surface area contributed by atoms with Crippen molar-refractivity contribution in [3.63, 3.8) is 0 Å². The third-order valence-electron chi connectivity index (χ3n) is 3.54. The highest BCUT2D eigenvalue weighted by atomic mass is 15.6. The average molecular weight is 240 g/mol. The first-order chi connectivity index (χ1) is 8.28. The van der Waals surface area contributed by atoms with Crippen molar-refractivity contribution in [3.05, 3.63) is 0 Å². The van der Waals surface area contributed by atoms with E-state index >= 15 is 0 Å². The highest BCUT2D eigenvalue weighted by molar-refractivity contribution is 5.78. The molecule has 4 N–H and O–H groups in total. The summed E-state index contributed by atoms with van der Waals surface area (Å²) < 4.78 is 0. The molecule has 0 aromatic rings. The molecular formula is C11H24N6. The van der Waals surface area contributed by atoms with E-state index in [1.54, 1.807) is 0 Å². The zero-order valence-corrected chi connectivity index (χ0v) is 10.7. The molecule has 6 nitrogen and oxygen atoms in total. The Morgan fingerprint density at radius 3 is 2.41 bits per heavy atom. The Morgan fingerprint density at radius 2 is 1.82 bits per heavy atom. The standard InChI is InChI=1S/C11H24N6/c1-16-6-8-17(9-7-16)15-11(14-12)13-10-4-2-3-5-10/h10H,2-9,12H2,1H3,(H2,13,14,15). The van der Waals surface area contributed by atoms with E-state index in [2.05, 4.69) is 32.8 Å². The van der Waals surface area contributed by atoms with E-state index < -0.39 is 0 Å². The van der Waals surface area contributed by atoms with Crippen molar-refractivity contribution in [2.24, 2.45) is 10.8 Å². The monoisotopic (exact) mass is 240 g/mol. The third-order valence-corrected chi connectivity index (χ3v) is 3.54. The van der Waals surface area contributed by atoms with Crippen molar-refractivity contribution in [3.8, 4) is 0 Å². The van der Waals surface area contributed by atoms with Crippen LogP contribution in [0.5, 0.6) is 0 Å². The molecule has 17 heavy (non-hydrogen) atoms. The molecule has 1 saturated heterocycles. The van der Waals surface area contributed by atoms with Gasteiger partial charge in [0.05, 0.1) is 6.04 Å². The summed E-state index contributed by atoms with van der Waals surface area (Å²) in [4.78, 5) is 6.94. The van der Waals surface area contributed by atoms with Crippen LogP contribution < -0.4 is 16.7 Å². The molecule has 0 atom stereocenters. The van der Waals surface area contributed by atoms with Gasteiger partial charge >= 0.3 is 0 Å². The number of nitrogens with one attached hydrogen (secondary N) is 2. The van der Waals surface area contributed by atoms with Crippen LogP contribution in [0, 0.1) is 0 Å². The maximum Gasteiger partial charge on any atom is 0.220 e. The van der Waals surface area contributed by atoms with Gasteiger partial charge in [-0.1, -0.05) is 12.8 Å². The molecule has 0 spiro atoms. The van der Waals surface area contributed by atoms with Crippen LogP contribution in [0.4, 0.5) is 0 Å². The number of hydrazine groups is 2. The van der Waals surface area contributed by atoms with Crippen LogP contribution >= 0.6 is 0 Å². The number of guanidine groups is 1. The molecular weight excluding hydrogens is 216 g/mol. The van der Waals surface area contributed by atoms with E-state index in [1.165, 1.54) is 25.7 Å². The lowest BCUT2D eigenvalue weighted by Gasteiger charge is -2.33. The van der Waals surface area contributed by atoms with E-state index in [0.717, 1.165) is 26.2 Å². The Morgan fingerprint density at radius 1 is 1.18 bits per heavy atom. The Balaban J connectivity index is 1.82. The summed E-state index contributed by atoms with van der Waals surface area (Å²) in [5.41, 5.74) is 5.94. The Labute approximate surface area is 103 Å². The van der Waals surface area contributed by atoms with Crippen LogP contribution in [-0.2, 0) is 0 Å². The van der Waals surface area contributed by atoms with Gasteiger partial charge in [-0.3, -0.25) is 10.9 Å². The molecule has 2 rings (SSSR count). The lowest BCUT2D eigenvalue weighted by molar-refractivity contribution is 0.129. The number of likely N-dealkylation sites (N-methyl/N-ethyl adjacent to an activating group) is 1. The van der Waals surface area contributed by atoms with Crippen molar-refractivity contribution in [1.29, 1.82) is 0 Å². The summed E-state index contributed by atoms with van der Waals surface area (Å²) in [6.45, 7) is 4.16. The summed E-state index contributed by atoms with van der Waals surface area (Å²) in [5, 5.41) is 2.17. The van der Waals surface area contributed by atoms with Crippen LogP contribution in [0.1, 0.15) is 25.7 Å². The Kier molecular flexibility index (Phi) is 4.58. The smallest absolute Gasteiger partial charge is 0.220 e. The summed E-state index contributed by atoms with van der Waals surface area (Å²) in [6, 6.07) is 0.445. The van der Waals surface area contributed by atoms with E-state index in [4.69, 9.17) is 5.84 Å². The first kappa shape index (κ1) is 12.6. The van der Waals surface area contributed by atoms with Gasteiger partial charge in [0.25, 0.3) is 0 Å². The van der Waals surface area contributed by atoms with Crippen molar-refractivity contribution in [2.45, 2.75) is 31.7 Å². The molecule has 2 aliphatic rings. The summed E-state index contributed by atoms with van der Waals surface area (Å²) in [7, 11) is 2.14. The molecule has 6 heteroatoms. The second-order valence-electron chi connectivity index (χ2n) is 4.96. The van der Waals surface area contributed by atoms with Crippen LogP contribution in [0.25, 0.3) is 0 Å². The molecule has 0 aromatic heterocycles. The SMILES string of the molecule is CN1CCN(NC(=NC2CCCC2)NN)CC1. The third kappa shape index (κ3) is 3.83. The fourth-order valence-corrected chi connectivity index (χ4v) is 2.38. The zero-order valence-electron chi connectivity index (χ0n) is 10.7. The number of piperazine rings is 1. The highest BCUT2D eigenvalue weighted by Gasteiger charge is 2.17. The Hall–Kier alpha value is -0.850. The first-order valence-electron chi connectivity index (χ1n) is 6.52. The minimum Gasteiger partial charge on any atom is -0.304 e. The first-order valence-corrected chi connectivity index (χ1v) is 6.52. The molecule has 0 bridgehead atoms. The lowest BCUT2D eigenvalue weighted by atomic mass is 10.3. The Bertz CT molecular complexity index is 253. The second-order valence-corrected chi connectivity index (χ2v) is 4.96. The van der Waals surface area contributed by atoms with Crippen molar-refractivity contribution >= 4 is 5.96 Å². The molecule has 0 amide bonds. The summed E-state index contributed by atoms with van der Waals surface area (Å²) in [5.74, 6) is 6.22. The van der Waals surface area contributed by atoms with Crippen LogP contribution in [-0.4, -0.2) is 55.1 Å². The maximum absolute atomic E-state index is 5.51. The number of nitrogens with zero attached hydrogens (tertiary/aromatic N) is 3. The summed E-state index contributed by atoms with van der Waals surface area (Å²) in [6.07, 6.45) is 4.96. The van der Waals surface area contributed by atoms with Gasteiger partial charge in [0.15, 0.2) is 0 Å². The molecule has 2 fully saturated rings. The molecule has 98 valence electrons. The van der Waals surface area contributed by atoms with Gasteiger partial charge in [0.2, 0.25) is 5.96 Å². The molecule has 0 unspecified atom stereocenters. The minimum atomic E-state index is 0.445. The summed E-state index contributed by atoms with van der Waals surface area (Å²) >= 11 is 0. The van der Waals surface area contributed by atoms with Gasteiger partial charge in [-0.2, -0.15) is 0 Å². The minimum absolute atomic E-state index is 0.445. The molecule has 0 aromatic carbocycles. The highest BCUT2D eigenvalue weighted by Crippen LogP contribution is 2.20. The van der Waals surface area contributed by atoms with Gasteiger partial charge in [-0.15, -0.1) is 0 Å². The van der Waals surface area contributed by atoms with E-state index in [9.17, 15) is 0 Å². The second kappa shape index (κ2) is 6.18. The number of aliphatic imine (C=N–C) groups is 1. The molecule has 0 radical (unpaired) electrons. The fraction of sp³-hybridized carbons (Fsp3) is 0.909. The van der Waals surface area contributed by atoms with Crippen molar-refractivity contribution in [2.75, 3.05) is 33.2 Å². The predicted molar refractivity (Wildman–Crippen MR) is 69.2 cm³/mol. The molecule has 1 aliphatic heterocycles. The fourth-order valence-electron chi connectivity index (χ4n) is 2.38. The molecule has 1 heterocycles. The zero-order chi connectivity index (χ0) is 12.1. The normalized spacial score (nSPS) is 25.2. The largest absolute Gasteiger partial charge is 0.304 e. The van der Waals surface area contributed by atoms with E-state index in [1.807, 2.05) is 0 Å². The molecule has 1 saturated carbocycles. The topological polar surface area (TPSA) is 68.9 Å². The van der Waals surface area contributed by atoms with Gasteiger partial charge in [0, 0.05) is 26.2 Å². The number of hydrogen-bond acceptors (Lipinski definition) is 4.